The van der Waals surface area contributed by atoms with Crippen molar-refractivity contribution in [2.24, 2.45) is 7.05 Å². The molecule has 0 saturated heterocycles. The highest BCUT2D eigenvalue weighted by molar-refractivity contribution is 7.15. The fraction of sp³-hybridized carbons (Fsp3) is 0.211. The topological polar surface area (TPSA) is 82.1 Å². The molecule has 1 aromatic carbocycles. The molecule has 0 fully saturated rings. The number of benzene rings is 1. The maximum absolute atomic E-state index is 12.2. The number of nitrogens with one attached hydrogen (secondary N) is 1. The molecule has 1 amide bonds. The summed E-state index contributed by atoms with van der Waals surface area (Å²) in [5.74, 6) is -0.738. The van der Waals surface area contributed by atoms with E-state index in [1.807, 2.05) is 25.5 Å². The molecule has 0 spiro atoms. The number of fused-ring (bicyclic) bond motifs is 1. The molecule has 138 valence electrons. The van der Waals surface area contributed by atoms with Crippen LogP contribution in [0.2, 0.25) is 0 Å². The summed E-state index contributed by atoms with van der Waals surface area (Å²) in [7, 11) is 1.89. The van der Waals surface area contributed by atoms with Gasteiger partial charge >= 0.3 is 5.76 Å². The molecule has 4 aromatic rings. The summed E-state index contributed by atoms with van der Waals surface area (Å²) in [5, 5.41) is 7.05. The first-order valence-electron chi connectivity index (χ1n) is 8.53. The Bertz CT molecular complexity index is 1150. The Hall–Kier alpha value is -3.13. The van der Waals surface area contributed by atoms with Crippen molar-refractivity contribution in [1.29, 1.82) is 0 Å². The van der Waals surface area contributed by atoms with Gasteiger partial charge in [-0.05, 0) is 30.7 Å². The first-order chi connectivity index (χ1) is 13.1. The van der Waals surface area contributed by atoms with Crippen LogP contribution in [0.1, 0.15) is 4.88 Å². The highest BCUT2D eigenvalue weighted by Crippen LogP contribution is 2.27. The predicted octanol–water partition coefficient (Wildman–Crippen LogP) is 2.42. The van der Waals surface area contributed by atoms with E-state index in [0.717, 1.165) is 16.9 Å². The zero-order valence-electron chi connectivity index (χ0n) is 14.7. The number of aryl methyl sites for hydroxylation is 1. The van der Waals surface area contributed by atoms with Crippen molar-refractivity contribution in [1.82, 2.24) is 19.7 Å². The van der Waals surface area contributed by atoms with Gasteiger partial charge in [0.15, 0.2) is 5.58 Å². The molecule has 1 N–H and O–H groups in total. The molecule has 0 aliphatic heterocycles. The van der Waals surface area contributed by atoms with Gasteiger partial charge in [0.25, 0.3) is 0 Å². The van der Waals surface area contributed by atoms with Crippen LogP contribution in [0.3, 0.4) is 0 Å². The lowest BCUT2D eigenvalue weighted by atomic mass is 10.3. The molecule has 4 rings (SSSR count). The maximum Gasteiger partial charge on any atom is 0.420 e. The van der Waals surface area contributed by atoms with Crippen molar-refractivity contribution in [3.8, 4) is 10.4 Å². The molecule has 3 aromatic heterocycles. The van der Waals surface area contributed by atoms with Crippen molar-refractivity contribution >= 4 is 28.3 Å². The fourth-order valence-corrected chi connectivity index (χ4v) is 3.89. The molecule has 0 atom stereocenters. The fourth-order valence-electron chi connectivity index (χ4n) is 2.90. The van der Waals surface area contributed by atoms with Gasteiger partial charge in [0.05, 0.1) is 11.7 Å². The molecule has 8 heteroatoms. The standard InChI is InChI=1S/C19H18N4O3S/c1-22-11-13(10-21-22)17-7-6-14(27-17)8-9-20-18(24)12-23-15-4-2-3-5-16(15)26-19(23)25/h2-7,10-11H,8-9,12H2,1H3,(H,20,24). The normalized spacial score (nSPS) is 11.1. The van der Waals surface area contributed by atoms with Gasteiger partial charge in [-0.1, -0.05) is 12.1 Å². The maximum atomic E-state index is 12.2. The number of carbonyl (C=O) groups excluding carboxylic acids is 1. The van der Waals surface area contributed by atoms with Crippen LogP contribution in [-0.2, 0) is 24.8 Å². The lowest BCUT2D eigenvalue weighted by molar-refractivity contribution is -0.121. The van der Waals surface area contributed by atoms with Gasteiger partial charge in [0.1, 0.15) is 6.54 Å². The van der Waals surface area contributed by atoms with Crippen molar-refractivity contribution in [2.75, 3.05) is 6.54 Å². The van der Waals surface area contributed by atoms with Crippen LogP contribution >= 0.6 is 11.3 Å². The van der Waals surface area contributed by atoms with Crippen LogP contribution in [0.25, 0.3) is 21.5 Å². The Kier molecular flexibility index (Phi) is 4.64. The van der Waals surface area contributed by atoms with Crippen LogP contribution < -0.4 is 11.1 Å². The number of nitrogens with zero attached hydrogens (tertiary/aromatic N) is 3. The number of hydrogen-bond acceptors (Lipinski definition) is 5. The van der Waals surface area contributed by atoms with Gasteiger partial charge < -0.3 is 9.73 Å². The van der Waals surface area contributed by atoms with E-state index in [2.05, 4.69) is 22.5 Å². The second-order valence-corrected chi connectivity index (χ2v) is 7.36. The zero-order chi connectivity index (χ0) is 18.8. The van der Waals surface area contributed by atoms with E-state index in [-0.39, 0.29) is 12.5 Å². The van der Waals surface area contributed by atoms with E-state index >= 15 is 0 Å². The van der Waals surface area contributed by atoms with E-state index in [4.69, 9.17) is 4.42 Å². The second kappa shape index (κ2) is 7.24. The van der Waals surface area contributed by atoms with E-state index in [9.17, 15) is 9.59 Å². The zero-order valence-corrected chi connectivity index (χ0v) is 15.5. The minimum absolute atomic E-state index is 0.0543. The van der Waals surface area contributed by atoms with E-state index < -0.39 is 5.76 Å². The van der Waals surface area contributed by atoms with Crippen molar-refractivity contribution in [2.45, 2.75) is 13.0 Å². The van der Waals surface area contributed by atoms with Gasteiger partial charge in [0, 0.05) is 35.1 Å². The van der Waals surface area contributed by atoms with Gasteiger partial charge in [-0.15, -0.1) is 11.3 Å². The molecule has 3 heterocycles. The Morgan fingerprint density at radius 3 is 2.93 bits per heavy atom. The van der Waals surface area contributed by atoms with Gasteiger partial charge in [0.2, 0.25) is 5.91 Å². The number of amides is 1. The second-order valence-electron chi connectivity index (χ2n) is 6.19. The summed E-state index contributed by atoms with van der Waals surface area (Å²) in [6.45, 7) is 0.456. The average molecular weight is 382 g/mol. The third-order valence-corrected chi connectivity index (χ3v) is 5.41. The summed E-state index contributed by atoms with van der Waals surface area (Å²) in [5.41, 5.74) is 2.19. The van der Waals surface area contributed by atoms with E-state index in [1.165, 1.54) is 9.44 Å². The quantitative estimate of drug-likeness (QED) is 0.555. The minimum atomic E-state index is -0.522. The number of rotatable bonds is 6. The summed E-state index contributed by atoms with van der Waals surface area (Å²) < 4.78 is 8.26. The molecule has 0 bridgehead atoms. The molecule has 0 aliphatic rings. The van der Waals surface area contributed by atoms with E-state index in [1.54, 1.807) is 34.2 Å². The molecule has 0 unspecified atom stereocenters. The summed E-state index contributed by atoms with van der Waals surface area (Å²) in [4.78, 5) is 26.5. The smallest absolute Gasteiger partial charge is 0.408 e. The van der Waals surface area contributed by atoms with Crippen molar-refractivity contribution in [3.05, 3.63) is 64.2 Å². The summed E-state index contributed by atoms with van der Waals surface area (Å²) in [6.07, 6.45) is 4.55. The molecule has 0 radical (unpaired) electrons. The van der Waals surface area contributed by atoms with Crippen LogP contribution in [0, 0.1) is 0 Å². The predicted molar refractivity (Wildman–Crippen MR) is 104 cm³/mol. The number of hydrogen-bond donors (Lipinski definition) is 1. The number of carbonyl (C=O) groups is 1. The highest BCUT2D eigenvalue weighted by atomic mass is 32.1. The van der Waals surface area contributed by atoms with Crippen LogP contribution in [0.5, 0.6) is 0 Å². The number of aromatic nitrogens is 3. The van der Waals surface area contributed by atoms with Crippen LogP contribution in [0.15, 0.2) is 58.0 Å². The van der Waals surface area contributed by atoms with Crippen molar-refractivity contribution in [3.63, 3.8) is 0 Å². The molecule has 0 saturated carbocycles. The average Bonchev–Trinajstić information content (AvgIpc) is 3.35. The number of para-hydroxylation sites is 2. The Balaban J connectivity index is 1.34. The Labute approximate surface area is 158 Å². The third kappa shape index (κ3) is 3.70. The minimum Gasteiger partial charge on any atom is -0.408 e. The molecule has 0 aliphatic carbocycles. The summed E-state index contributed by atoms with van der Waals surface area (Å²) in [6, 6.07) is 11.2. The number of oxazole rings is 1. The first kappa shape index (κ1) is 17.3. The lowest BCUT2D eigenvalue weighted by Gasteiger charge is -2.05. The van der Waals surface area contributed by atoms with Gasteiger partial charge in [-0.25, -0.2) is 4.79 Å². The SMILES string of the molecule is Cn1cc(-c2ccc(CCNC(=O)Cn3c(=O)oc4ccccc43)s2)cn1. The van der Waals surface area contributed by atoms with Crippen LogP contribution in [-0.4, -0.2) is 26.8 Å². The molecule has 27 heavy (non-hydrogen) atoms. The highest BCUT2D eigenvalue weighted by Gasteiger charge is 2.12. The Morgan fingerprint density at radius 2 is 2.11 bits per heavy atom. The van der Waals surface area contributed by atoms with Crippen molar-refractivity contribution < 1.29 is 9.21 Å². The largest absolute Gasteiger partial charge is 0.420 e. The molecule has 7 nitrogen and oxygen atoms in total. The van der Waals surface area contributed by atoms with Gasteiger partial charge in [-0.3, -0.25) is 14.0 Å². The monoisotopic (exact) mass is 382 g/mol. The Morgan fingerprint density at radius 1 is 1.26 bits per heavy atom. The van der Waals surface area contributed by atoms with Gasteiger partial charge in [-0.2, -0.15) is 5.10 Å². The first-order valence-corrected chi connectivity index (χ1v) is 9.34. The molecular formula is C19H18N4O3S. The summed E-state index contributed by atoms with van der Waals surface area (Å²) >= 11 is 1.69. The van der Waals surface area contributed by atoms with Crippen LogP contribution in [0.4, 0.5) is 0 Å². The van der Waals surface area contributed by atoms with E-state index in [0.29, 0.717) is 17.6 Å². The molecular weight excluding hydrogens is 364 g/mol. The number of thiophene rings is 1. The third-order valence-electron chi connectivity index (χ3n) is 4.22. The lowest BCUT2D eigenvalue weighted by Crippen LogP contribution is -2.32.